The first-order chi connectivity index (χ1) is 9.88. The molecule has 0 fully saturated rings. The quantitative estimate of drug-likeness (QED) is 0.694. The summed E-state index contributed by atoms with van der Waals surface area (Å²) < 4.78 is 31.2. The molecule has 3 N–H and O–H groups in total. The zero-order valence-corrected chi connectivity index (χ0v) is 12.9. The number of aryl methyl sites for hydroxylation is 1. The smallest absolute Gasteiger partial charge is 0.269 e. The van der Waals surface area contributed by atoms with Gasteiger partial charge in [-0.25, -0.2) is 13.4 Å². The molecule has 3 aromatic rings. The molecule has 0 aliphatic rings. The summed E-state index contributed by atoms with van der Waals surface area (Å²) in [5.74, 6) is 0. The summed E-state index contributed by atoms with van der Waals surface area (Å²) in [6, 6.07) is 9.74. The van der Waals surface area contributed by atoms with E-state index in [4.69, 9.17) is 5.73 Å². The predicted molar refractivity (Wildman–Crippen MR) is 81.9 cm³/mol. The van der Waals surface area contributed by atoms with E-state index in [1.807, 2.05) is 30.6 Å². The van der Waals surface area contributed by atoms with E-state index < -0.39 is 10.1 Å². The number of aromatic amines is 1. The van der Waals surface area contributed by atoms with Gasteiger partial charge in [0.2, 0.25) is 0 Å². The molecule has 3 rings (SSSR count). The molecule has 0 aliphatic heterocycles. The molecule has 110 valence electrons. The molecule has 0 bridgehead atoms. The summed E-state index contributed by atoms with van der Waals surface area (Å²) in [5.41, 5.74) is 7.45. The Morgan fingerprint density at radius 2 is 1.86 bits per heavy atom. The molecule has 0 spiro atoms. The molecule has 0 atom stereocenters. The molecule has 0 saturated heterocycles. The number of H-pyrrole nitrogens is 1. The maximum Gasteiger partial charge on any atom is 0.269 e. The van der Waals surface area contributed by atoms with Gasteiger partial charge < -0.3 is 10.3 Å². The van der Waals surface area contributed by atoms with Crippen LogP contribution < -0.4 is 10.7 Å². The van der Waals surface area contributed by atoms with Crippen molar-refractivity contribution in [2.24, 2.45) is 0 Å². The second-order valence-electron chi connectivity index (χ2n) is 4.37. The molecule has 0 amide bonds. The van der Waals surface area contributed by atoms with Gasteiger partial charge >= 0.3 is 0 Å². The van der Waals surface area contributed by atoms with Crippen LogP contribution in [0.1, 0.15) is 5.56 Å². The van der Waals surface area contributed by atoms with Crippen molar-refractivity contribution >= 4 is 37.4 Å². The van der Waals surface area contributed by atoms with E-state index in [1.165, 1.54) is 12.1 Å². The van der Waals surface area contributed by atoms with Crippen LogP contribution in [-0.4, -0.2) is 13.0 Å². The van der Waals surface area contributed by atoms with E-state index in [9.17, 15) is 13.0 Å². The van der Waals surface area contributed by atoms with Crippen LogP contribution >= 0.6 is 11.3 Å². The van der Waals surface area contributed by atoms with E-state index in [2.05, 4.69) is 4.98 Å². The van der Waals surface area contributed by atoms with Crippen LogP contribution in [0.5, 0.6) is 0 Å². The molecule has 0 radical (unpaired) electrons. The van der Waals surface area contributed by atoms with Crippen LogP contribution in [0.3, 0.4) is 0 Å². The van der Waals surface area contributed by atoms with Crippen LogP contribution in [0.25, 0.3) is 10.2 Å². The Bertz CT molecular complexity index is 840. The number of rotatable bonds is 1. The van der Waals surface area contributed by atoms with Crippen molar-refractivity contribution in [3.8, 4) is 0 Å². The van der Waals surface area contributed by atoms with Crippen LogP contribution in [-0.2, 0) is 10.1 Å². The number of thiophene rings is 1. The molecule has 0 saturated carbocycles. The maximum atomic E-state index is 10.4. The van der Waals surface area contributed by atoms with E-state index in [-0.39, 0.29) is 4.90 Å². The third-order valence-electron chi connectivity index (χ3n) is 2.74. The van der Waals surface area contributed by atoms with Crippen molar-refractivity contribution in [3.05, 3.63) is 53.5 Å². The lowest BCUT2D eigenvalue weighted by atomic mass is 10.2. The average Bonchev–Trinajstić information content (AvgIpc) is 2.81. The minimum atomic E-state index is -4.27. The number of anilines is 1. The van der Waals surface area contributed by atoms with Gasteiger partial charge in [0.05, 0.1) is 16.0 Å². The second-order valence-corrected chi connectivity index (χ2v) is 6.63. The molecule has 7 heteroatoms. The van der Waals surface area contributed by atoms with E-state index >= 15 is 0 Å². The van der Waals surface area contributed by atoms with Gasteiger partial charge in [0.15, 0.2) is 6.20 Å². The lowest BCUT2D eigenvalue weighted by Gasteiger charge is -2.05. The fraction of sp³-hybridized carbons (Fsp3) is 0.0714. The summed E-state index contributed by atoms with van der Waals surface area (Å²) in [5, 5.41) is 3.06. The molecular formula is C14H14N2O3S2. The molecule has 0 aliphatic carbocycles. The number of fused-ring (bicyclic) bond motifs is 1. The first kappa shape index (κ1) is 15.4. The Morgan fingerprint density at radius 3 is 2.43 bits per heavy atom. The lowest BCUT2D eigenvalue weighted by molar-refractivity contribution is -0.341. The van der Waals surface area contributed by atoms with E-state index in [0.717, 1.165) is 21.5 Å². The van der Waals surface area contributed by atoms with Crippen molar-refractivity contribution in [2.75, 3.05) is 5.73 Å². The molecule has 21 heavy (non-hydrogen) atoms. The number of pyridine rings is 1. The summed E-state index contributed by atoms with van der Waals surface area (Å²) in [6.07, 6.45) is 1.90. The number of hydrogen-bond donors (Lipinski definition) is 1. The number of nitrogen functional groups attached to an aromatic ring is 1. The molecule has 2 heterocycles. The van der Waals surface area contributed by atoms with E-state index in [1.54, 1.807) is 23.5 Å². The lowest BCUT2D eigenvalue weighted by Crippen LogP contribution is -1.97. The van der Waals surface area contributed by atoms with Crippen molar-refractivity contribution in [2.45, 2.75) is 11.8 Å². The van der Waals surface area contributed by atoms with Crippen LogP contribution in [0.2, 0.25) is 0 Å². The number of aromatic nitrogens is 1. The first-order valence-corrected chi connectivity index (χ1v) is 8.32. The van der Waals surface area contributed by atoms with Gasteiger partial charge in [-0.2, -0.15) is 0 Å². The summed E-state index contributed by atoms with van der Waals surface area (Å²) in [4.78, 5) is 4.07. The average molecular weight is 322 g/mol. The number of benzene rings is 1. The monoisotopic (exact) mass is 322 g/mol. The normalized spacial score (nSPS) is 11.0. The van der Waals surface area contributed by atoms with Gasteiger partial charge in [-0.05, 0) is 25.1 Å². The molecular weight excluding hydrogens is 308 g/mol. The third kappa shape index (κ3) is 4.01. The Morgan fingerprint density at radius 1 is 1.19 bits per heavy atom. The number of nitrogens with two attached hydrogens (primary N) is 1. The van der Waals surface area contributed by atoms with Gasteiger partial charge in [0.25, 0.3) is 4.83 Å². The SMILES string of the molecule is Cc1ccc(S(=O)(=O)[O-])cc1.Nc1csc2[nH+]cccc12. The molecule has 1 aromatic carbocycles. The summed E-state index contributed by atoms with van der Waals surface area (Å²) in [6.45, 7) is 1.82. The van der Waals surface area contributed by atoms with Gasteiger partial charge in [-0.15, -0.1) is 0 Å². The Kier molecular flexibility index (Phi) is 4.56. The van der Waals surface area contributed by atoms with Crippen LogP contribution in [0.4, 0.5) is 5.69 Å². The van der Waals surface area contributed by atoms with E-state index in [0.29, 0.717) is 0 Å². The highest BCUT2D eigenvalue weighted by Crippen LogP contribution is 2.22. The third-order valence-corrected chi connectivity index (χ3v) is 4.54. The van der Waals surface area contributed by atoms with Gasteiger partial charge in [0, 0.05) is 11.4 Å². The zero-order chi connectivity index (χ0) is 15.5. The highest BCUT2D eigenvalue weighted by Gasteiger charge is 2.03. The predicted octanol–water partition coefficient (Wildman–Crippen LogP) is 2.20. The molecule has 5 nitrogen and oxygen atoms in total. The summed E-state index contributed by atoms with van der Waals surface area (Å²) >= 11 is 1.63. The Labute approximate surface area is 126 Å². The largest absolute Gasteiger partial charge is 0.744 e. The minimum Gasteiger partial charge on any atom is -0.744 e. The minimum absolute atomic E-state index is 0.178. The topological polar surface area (TPSA) is 97.4 Å². The van der Waals surface area contributed by atoms with Gasteiger partial charge in [0.1, 0.15) is 10.1 Å². The standard InChI is InChI=1S/C7H6N2S.C7H8O3S/c8-6-4-10-7-5(6)2-1-3-9-7;1-6-2-4-7(5-3-6)11(8,9)10/h1-4H,8H2;2-5H,1H3,(H,8,9,10). The number of nitrogens with one attached hydrogen (secondary N) is 1. The second kappa shape index (κ2) is 6.21. The molecule has 2 aromatic heterocycles. The summed E-state index contributed by atoms with van der Waals surface area (Å²) in [7, 11) is -4.27. The zero-order valence-electron chi connectivity index (χ0n) is 11.2. The van der Waals surface area contributed by atoms with Crippen molar-refractivity contribution in [1.82, 2.24) is 0 Å². The van der Waals surface area contributed by atoms with Crippen molar-refractivity contribution < 1.29 is 18.0 Å². The number of hydrogen-bond acceptors (Lipinski definition) is 5. The molecule has 0 unspecified atom stereocenters. The van der Waals surface area contributed by atoms with Crippen LogP contribution in [0.15, 0.2) is 52.9 Å². The highest BCUT2D eigenvalue weighted by atomic mass is 32.2. The van der Waals surface area contributed by atoms with Crippen molar-refractivity contribution in [3.63, 3.8) is 0 Å². The fourth-order valence-corrected chi connectivity index (χ4v) is 2.93. The Hall–Kier alpha value is -1.96. The first-order valence-electron chi connectivity index (χ1n) is 6.04. The highest BCUT2D eigenvalue weighted by molar-refractivity contribution is 7.85. The maximum absolute atomic E-state index is 10.4. The van der Waals surface area contributed by atoms with Gasteiger partial charge in [-0.1, -0.05) is 29.0 Å². The fourth-order valence-electron chi connectivity index (χ4n) is 1.64. The van der Waals surface area contributed by atoms with Gasteiger partial charge in [-0.3, -0.25) is 0 Å². The Balaban J connectivity index is 0.000000154. The van der Waals surface area contributed by atoms with Crippen LogP contribution in [0, 0.1) is 6.92 Å². The van der Waals surface area contributed by atoms with Crippen molar-refractivity contribution in [1.29, 1.82) is 0 Å².